The number of carbonyl (C=O) groups is 1. The van der Waals surface area contributed by atoms with Gasteiger partial charge in [-0.1, -0.05) is 30.3 Å². The van der Waals surface area contributed by atoms with Gasteiger partial charge in [0.2, 0.25) is 11.4 Å². The van der Waals surface area contributed by atoms with Crippen LogP contribution in [0.4, 0.5) is 17.2 Å². The maximum atomic E-state index is 9.04. The number of imidazole rings is 2. The summed E-state index contributed by atoms with van der Waals surface area (Å²) >= 11 is 4.82. The molecule has 10 nitrogen and oxygen atoms in total. The van der Waals surface area contributed by atoms with Crippen LogP contribution in [0, 0.1) is 13.1 Å². The lowest BCUT2D eigenvalue weighted by molar-refractivity contribution is -0.105. The average Bonchev–Trinajstić information content (AvgIpc) is 3.59. The molecule has 178 valence electrons. The van der Waals surface area contributed by atoms with E-state index in [1.54, 1.807) is 36.8 Å². The molecule has 5 aromatic heterocycles. The summed E-state index contributed by atoms with van der Waals surface area (Å²) in [6.07, 6.45) is 13.2. The van der Waals surface area contributed by atoms with Crippen molar-refractivity contribution in [2.75, 3.05) is 11.6 Å². The van der Waals surface area contributed by atoms with Crippen LogP contribution in [-0.2, 0) is 11.3 Å². The summed E-state index contributed by atoms with van der Waals surface area (Å²) in [6.45, 7) is 14.0. The predicted molar refractivity (Wildman–Crippen MR) is 138 cm³/mol. The van der Waals surface area contributed by atoms with Gasteiger partial charge in [-0.25, -0.2) is 19.7 Å². The van der Waals surface area contributed by atoms with E-state index in [1.807, 2.05) is 51.8 Å². The number of alkyl halides is 1. The van der Waals surface area contributed by atoms with Gasteiger partial charge in [0, 0.05) is 56.9 Å². The standard InChI is InChI=1S/C8H5N3.C8H9N3.C6H5N3.C2H3ClO.H2/c1-9-7-3-2-5-11-6-4-10-8(7)11;9-6-7-2-1-4-11-5-3-10-8(7)11;1-8-5-3-2-4-9-6(5)7;3-1-2-4;/h2-6H;1-5H,6,9H2;2-4H,(H2,7,9);2H,1H2;1H. The molecule has 0 bridgehead atoms. The number of fused-ring (bicyclic) bond motifs is 2. The van der Waals surface area contributed by atoms with Gasteiger partial charge >= 0.3 is 0 Å². The number of pyridine rings is 3. The van der Waals surface area contributed by atoms with Crippen LogP contribution in [0.1, 0.15) is 6.99 Å². The lowest BCUT2D eigenvalue weighted by atomic mass is 10.3. The van der Waals surface area contributed by atoms with E-state index in [0.29, 0.717) is 30.0 Å². The molecule has 5 aromatic rings. The Hall–Kier alpha value is -4.77. The third-order valence-corrected chi connectivity index (χ3v) is 4.36. The second-order valence-corrected chi connectivity index (χ2v) is 6.71. The molecule has 0 radical (unpaired) electrons. The fourth-order valence-corrected chi connectivity index (χ4v) is 2.69. The molecule has 0 fully saturated rings. The zero-order valence-electron chi connectivity index (χ0n) is 18.6. The minimum atomic E-state index is 0. The van der Waals surface area contributed by atoms with Crippen molar-refractivity contribution < 1.29 is 6.22 Å². The highest BCUT2D eigenvalue weighted by Crippen LogP contribution is 2.17. The van der Waals surface area contributed by atoms with E-state index in [-0.39, 0.29) is 7.31 Å². The number of hydrogen-bond acceptors (Lipinski definition) is 6. The summed E-state index contributed by atoms with van der Waals surface area (Å²) < 4.78 is 3.79. The van der Waals surface area contributed by atoms with Crippen LogP contribution < -0.4 is 11.5 Å². The summed E-state index contributed by atoms with van der Waals surface area (Å²) in [5.74, 6) is 0.410. The Balaban J connectivity index is 0.000000250. The van der Waals surface area contributed by atoms with Gasteiger partial charge in [0.1, 0.15) is 23.4 Å². The van der Waals surface area contributed by atoms with Crippen molar-refractivity contribution >= 4 is 46.4 Å². The monoisotopic (exact) mass is 489 g/mol. The number of halogens is 1. The average molecular weight is 490 g/mol. The van der Waals surface area contributed by atoms with E-state index < -0.39 is 0 Å². The number of nitrogens with two attached hydrogens (primary N) is 2. The molecule has 4 N–H and O–H groups in total. The Labute approximate surface area is 208 Å². The van der Waals surface area contributed by atoms with Crippen LogP contribution in [-0.4, -0.2) is 35.9 Å². The molecule has 0 spiro atoms. The Bertz CT molecular complexity index is 1450. The molecule has 0 aliphatic rings. The minimum absolute atomic E-state index is 0. The molecular formula is C24H24ClN9O. The first-order chi connectivity index (χ1) is 17.1. The Morgan fingerprint density at radius 2 is 1.46 bits per heavy atom. The van der Waals surface area contributed by atoms with Gasteiger partial charge in [-0.2, -0.15) is 0 Å². The van der Waals surface area contributed by atoms with Crippen molar-refractivity contribution in [3.05, 3.63) is 108 Å². The lowest BCUT2D eigenvalue weighted by Gasteiger charge is -1.97. The molecule has 0 saturated heterocycles. The van der Waals surface area contributed by atoms with Crippen LogP contribution in [0.25, 0.3) is 21.0 Å². The first kappa shape index (κ1) is 26.5. The number of carbonyl (C=O) groups excluding carboxylic acids is 1. The summed E-state index contributed by atoms with van der Waals surface area (Å²) in [5, 5.41) is 0. The van der Waals surface area contributed by atoms with E-state index in [4.69, 9.17) is 41.0 Å². The van der Waals surface area contributed by atoms with Crippen LogP contribution in [0.15, 0.2) is 79.8 Å². The maximum Gasteiger partial charge on any atom is 0.229 e. The molecule has 0 aliphatic carbocycles. The molecule has 11 heteroatoms. The van der Waals surface area contributed by atoms with Crippen molar-refractivity contribution in [1.29, 1.82) is 0 Å². The number of nitrogen functional groups attached to an aromatic ring is 1. The summed E-state index contributed by atoms with van der Waals surface area (Å²) in [4.78, 5) is 27.4. The van der Waals surface area contributed by atoms with Gasteiger partial charge in [0.05, 0.1) is 19.0 Å². The highest BCUT2D eigenvalue weighted by atomic mass is 35.5. The topological polar surface area (TPSA) is 125 Å². The van der Waals surface area contributed by atoms with E-state index in [1.165, 1.54) is 0 Å². The third-order valence-electron chi connectivity index (χ3n) is 4.24. The molecule has 0 saturated carbocycles. The number of nitrogens with zero attached hydrogens (tertiary/aromatic N) is 7. The van der Waals surface area contributed by atoms with E-state index in [2.05, 4.69) is 24.6 Å². The SMILES string of the molecule is NCc1cccn2ccnc12.O=CCCl.[C-]#[N+]c1cccn2ccnc12.[C-]#[N+]c1cccnc1N.[HH]. The van der Waals surface area contributed by atoms with Crippen LogP contribution in [0.5, 0.6) is 0 Å². The first-order valence-corrected chi connectivity index (χ1v) is 10.6. The van der Waals surface area contributed by atoms with Crippen molar-refractivity contribution in [1.82, 2.24) is 23.8 Å². The predicted octanol–water partition coefficient (Wildman–Crippen LogP) is 4.56. The zero-order chi connectivity index (χ0) is 25.5. The van der Waals surface area contributed by atoms with E-state index >= 15 is 0 Å². The van der Waals surface area contributed by atoms with Gasteiger partial charge in [0.15, 0.2) is 0 Å². The summed E-state index contributed by atoms with van der Waals surface area (Å²) in [7, 11) is 0. The smallest absolute Gasteiger partial charge is 0.229 e. The molecule has 0 aromatic carbocycles. The first-order valence-electron chi connectivity index (χ1n) is 10.1. The molecule has 0 atom stereocenters. The molecular weight excluding hydrogens is 466 g/mol. The van der Waals surface area contributed by atoms with Crippen molar-refractivity contribution in [3.63, 3.8) is 0 Å². The number of aromatic nitrogens is 5. The quantitative estimate of drug-likeness (QED) is 0.212. The molecule has 35 heavy (non-hydrogen) atoms. The highest BCUT2D eigenvalue weighted by molar-refractivity contribution is 6.24. The van der Waals surface area contributed by atoms with E-state index in [9.17, 15) is 0 Å². The van der Waals surface area contributed by atoms with Gasteiger partial charge in [-0.05, 0) is 6.07 Å². The Morgan fingerprint density at radius 3 is 2.00 bits per heavy atom. The third kappa shape index (κ3) is 7.65. The van der Waals surface area contributed by atoms with Gasteiger partial charge in [-0.15, -0.1) is 11.6 Å². The van der Waals surface area contributed by atoms with Gasteiger partial charge < -0.3 is 25.1 Å². The van der Waals surface area contributed by atoms with Crippen molar-refractivity contribution in [2.24, 2.45) is 5.73 Å². The van der Waals surface area contributed by atoms with Gasteiger partial charge in [0.25, 0.3) is 0 Å². The number of anilines is 1. The van der Waals surface area contributed by atoms with Crippen LogP contribution >= 0.6 is 11.6 Å². The van der Waals surface area contributed by atoms with Crippen molar-refractivity contribution in [2.45, 2.75) is 6.54 Å². The molecule has 0 unspecified atom stereocenters. The van der Waals surface area contributed by atoms with Crippen molar-refractivity contribution in [3.8, 4) is 0 Å². The van der Waals surface area contributed by atoms with E-state index in [0.717, 1.165) is 16.9 Å². The number of hydrogen-bond donors (Lipinski definition) is 2. The maximum absolute atomic E-state index is 9.04. The zero-order valence-corrected chi connectivity index (χ0v) is 19.3. The lowest BCUT2D eigenvalue weighted by Crippen LogP contribution is -1.99. The molecule has 0 aliphatic heterocycles. The highest BCUT2D eigenvalue weighted by Gasteiger charge is 1.99. The summed E-state index contributed by atoms with van der Waals surface area (Å²) in [6, 6.07) is 10.9. The molecule has 0 amide bonds. The molecule has 5 heterocycles. The van der Waals surface area contributed by atoms with Crippen LogP contribution in [0.2, 0.25) is 0 Å². The second kappa shape index (κ2) is 14.4. The van der Waals surface area contributed by atoms with Gasteiger partial charge in [-0.3, -0.25) is 4.98 Å². The Kier molecular flexibility index (Phi) is 10.9. The minimum Gasteiger partial charge on any atom is -0.392 e. The largest absolute Gasteiger partial charge is 0.392 e. The number of rotatable bonds is 2. The number of aldehydes is 1. The fourth-order valence-electron chi connectivity index (χ4n) is 2.69. The molecule has 5 rings (SSSR count). The second-order valence-electron chi connectivity index (χ2n) is 6.40. The van der Waals surface area contributed by atoms with Crippen LogP contribution in [0.3, 0.4) is 0 Å². The normalized spacial score (nSPS) is 9.26. The summed E-state index contributed by atoms with van der Waals surface area (Å²) in [5.41, 5.74) is 14.6. The fraction of sp³-hybridized carbons (Fsp3) is 0.0833. The Morgan fingerprint density at radius 1 is 0.886 bits per heavy atom.